The Morgan fingerprint density at radius 1 is 1.06 bits per heavy atom. The number of carbonyl (C=O) groups is 1. The summed E-state index contributed by atoms with van der Waals surface area (Å²) in [6.45, 7) is 6.13. The number of carbonyl (C=O) groups excluding carboxylic acids is 1. The summed E-state index contributed by atoms with van der Waals surface area (Å²) < 4.78 is 1.96. The van der Waals surface area contributed by atoms with E-state index in [9.17, 15) is 4.79 Å². The second-order valence-electron chi connectivity index (χ2n) is 11.2. The molecule has 172 valence electrons. The van der Waals surface area contributed by atoms with E-state index in [1.807, 2.05) is 28.8 Å². The first-order valence-electron chi connectivity index (χ1n) is 12.8. The smallest absolute Gasteiger partial charge is 0.268 e. The van der Waals surface area contributed by atoms with Crippen LogP contribution in [0, 0.1) is 23.2 Å². The lowest BCUT2D eigenvalue weighted by Crippen LogP contribution is -2.51. The maximum Gasteiger partial charge on any atom is 0.268 e. The lowest BCUT2D eigenvalue weighted by Gasteiger charge is -2.56. The van der Waals surface area contributed by atoms with Gasteiger partial charge in [-0.3, -0.25) is 9.20 Å². The Morgan fingerprint density at radius 3 is 2.50 bits per heavy atom. The highest BCUT2D eigenvalue weighted by Gasteiger charge is 2.50. The van der Waals surface area contributed by atoms with Gasteiger partial charge in [0.2, 0.25) is 0 Å². The minimum Gasteiger partial charge on any atom is -0.350 e. The zero-order chi connectivity index (χ0) is 21.5. The molecule has 3 heterocycles. The van der Waals surface area contributed by atoms with Crippen LogP contribution >= 0.6 is 0 Å². The maximum atomic E-state index is 13.2. The predicted octanol–water partition coefficient (Wildman–Crippen LogP) is 3.47. The van der Waals surface area contributed by atoms with Crippen molar-refractivity contribution in [2.24, 2.45) is 23.2 Å². The van der Waals surface area contributed by atoms with E-state index in [0.29, 0.717) is 11.1 Å². The van der Waals surface area contributed by atoms with Crippen molar-refractivity contribution < 1.29 is 4.79 Å². The Balaban J connectivity index is 1.08. The number of likely N-dealkylation sites (tertiary alicyclic amines) is 1. The largest absolute Gasteiger partial charge is 0.350 e. The van der Waals surface area contributed by atoms with E-state index in [0.717, 1.165) is 55.3 Å². The molecule has 4 bridgehead atoms. The highest BCUT2D eigenvalue weighted by Crippen LogP contribution is 2.59. The fourth-order valence-electron chi connectivity index (χ4n) is 7.66. The number of hydrogen-bond acceptors (Lipinski definition) is 4. The standard InChI is InChI=1S/C26H37N5O/c32-25(28-18-26-13-19-10-20(14-26)12-21(11-19)15-26)23-4-3-5-24-29-22(17-31(23)24)16-27-6-9-30-7-1-2-8-30/h3-5,17,19-21,27H,1-2,6-16,18H2,(H,28,32). The Kier molecular flexibility index (Phi) is 5.46. The van der Waals surface area contributed by atoms with Crippen molar-refractivity contribution in [3.63, 3.8) is 0 Å². The van der Waals surface area contributed by atoms with Crippen molar-refractivity contribution in [2.75, 3.05) is 32.7 Å². The van der Waals surface area contributed by atoms with E-state index in [1.54, 1.807) is 0 Å². The molecular weight excluding hydrogens is 398 g/mol. The molecule has 7 rings (SSSR count). The van der Waals surface area contributed by atoms with Crippen molar-refractivity contribution in [2.45, 2.75) is 57.9 Å². The number of fused-ring (bicyclic) bond motifs is 1. The molecule has 2 N–H and O–H groups in total. The quantitative estimate of drug-likeness (QED) is 0.624. The summed E-state index contributed by atoms with van der Waals surface area (Å²) in [5.41, 5.74) is 2.90. The summed E-state index contributed by atoms with van der Waals surface area (Å²) >= 11 is 0. The van der Waals surface area contributed by atoms with Gasteiger partial charge in [-0.2, -0.15) is 0 Å². The molecule has 0 atom stereocenters. The summed E-state index contributed by atoms with van der Waals surface area (Å²) in [7, 11) is 0. The Labute approximate surface area is 191 Å². The van der Waals surface area contributed by atoms with Crippen LogP contribution in [0.2, 0.25) is 0 Å². The van der Waals surface area contributed by atoms with Gasteiger partial charge >= 0.3 is 0 Å². The minimum absolute atomic E-state index is 0.0392. The molecule has 6 nitrogen and oxygen atoms in total. The van der Waals surface area contributed by atoms with Crippen LogP contribution in [0.4, 0.5) is 0 Å². The van der Waals surface area contributed by atoms with Gasteiger partial charge in [0.25, 0.3) is 5.91 Å². The molecule has 1 amide bonds. The Bertz CT molecular complexity index is 940. The van der Waals surface area contributed by atoms with E-state index in [1.165, 1.54) is 64.5 Å². The molecule has 4 aliphatic carbocycles. The summed E-state index contributed by atoms with van der Waals surface area (Å²) in [5, 5.41) is 6.85. The van der Waals surface area contributed by atoms with Gasteiger partial charge < -0.3 is 15.5 Å². The van der Waals surface area contributed by atoms with Gasteiger partial charge in [0, 0.05) is 32.4 Å². The third kappa shape index (κ3) is 4.08. The molecule has 32 heavy (non-hydrogen) atoms. The number of nitrogens with one attached hydrogen (secondary N) is 2. The number of amides is 1. The number of aromatic nitrogens is 2. The van der Waals surface area contributed by atoms with E-state index >= 15 is 0 Å². The molecule has 2 aromatic heterocycles. The number of nitrogens with zero attached hydrogens (tertiary/aromatic N) is 3. The van der Waals surface area contributed by atoms with Crippen molar-refractivity contribution >= 4 is 11.6 Å². The van der Waals surface area contributed by atoms with Gasteiger partial charge in [-0.1, -0.05) is 6.07 Å². The minimum atomic E-state index is 0.0392. The van der Waals surface area contributed by atoms with E-state index in [2.05, 4.69) is 15.5 Å². The van der Waals surface area contributed by atoms with Crippen LogP contribution in [0.25, 0.3) is 5.65 Å². The first kappa shape index (κ1) is 20.7. The lowest BCUT2D eigenvalue weighted by atomic mass is 9.49. The average molecular weight is 436 g/mol. The predicted molar refractivity (Wildman–Crippen MR) is 126 cm³/mol. The molecule has 0 aromatic carbocycles. The first-order valence-corrected chi connectivity index (χ1v) is 12.8. The van der Waals surface area contributed by atoms with Crippen molar-refractivity contribution in [3.05, 3.63) is 35.8 Å². The molecular formula is C26H37N5O. The third-order valence-corrected chi connectivity index (χ3v) is 8.67. The first-order chi connectivity index (χ1) is 15.7. The van der Waals surface area contributed by atoms with Gasteiger partial charge in [-0.25, -0.2) is 4.98 Å². The highest BCUT2D eigenvalue weighted by atomic mass is 16.1. The van der Waals surface area contributed by atoms with Crippen molar-refractivity contribution in [1.82, 2.24) is 24.9 Å². The van der Waals surface area contributed by atoms with Crippen LogP contribution in [-0.4, -0.2) is 52.9 Å². The van der Waals surface area contributed by atoms with Gasteiger partial charge in [0.05, 0.1) is 5.69 Å². The molecule has 0 unspecified atom stereocenters. The lowest BCUT2D eigenvalue weighted by molar-refractivity contribution is -0.0503. The maximum absolute atomic E-state index is 13.2. The van der Waals surface area contributed by atoms with Crippen LogP contribution in [0.1, 0.15) is 67.5 Å². The van der Waals surface area contributed by atoms with Gasteiger partial charge in [-0.15, -0.1) is 0 Å². The third-order valence-electron chi connectivity index (χ3n) is 8.67. The fraction of sp³-hybridized carbons (Fsp3) is 0.692. The highest BCUT2D eigenvalue weighted by molar-refractivity contribution is 5.93. The normalized spacial score (nSPS) is 31.6. The topological polar surface area (TPSA) is 61.7 Å². The zero-order valence-corrected chi connectivity index (χ0v) is 19.2. The van der Waals surface area contributed by atoms with Crippen LogP contribution in [0.3, 0.4) is 0 Å². The van der Waals surface area contributed by atoms with E-state index in [-0.39, 0.29) is 5.91 Å². The average Bonchev–Trinajstić information content (AvgIpc) is 3.43. The molecule has 0 radical (unpaired) electrons. The van der Waals surface area contributed by atoms with Crippen LogP contribution in [0.5, 0.6) is 0 Å². The van der Waals surface area contributed by atoms with Crippen LogP contribution in [-0.2, 0) is 6.54 Å². The zero-order valence-electron chi connectivity index (χ0n) is 19.2. The fourth-order valence-corrected chi connectivity index (χ4v) is 7.66. The Hall–Kier alpha value is -1.92. The summed E-state index contributed by atoms with van der Waals surface area (Å²) in [4.78, 5) is 20.5. The summed E-state index contributed by atoms with van der Waals surface area (Å²) in [6.07, 6.45) is 13.0. The number of rotatable bonds is 8. The number of imidazole rings is 1. The van der Waals surface area contributed by atoms with Gasteiger partial charge in [-0.05, 0) is 99.8 Å². The second kappa shape index (κ2) is 8.45. The monoisotopic (exact) mass is 435 g/mol. The molecule has 1 saturated heterocycles. The second-order valence-corrected chi connectivity index (χ2v) is 11.2. The molecule has 1 aliphatic heterocycles. The van der Waals surface area contributed by atoms with Crippen molar-refractivity contribution in [3.8, 4) is 0 Å². The van der Waals surface area contributed by atoms with Crippen molar-refractivity contribution in [1.29, 1.82) is 0 Å². The van der Waals surface area contributed by atoms with Crippen LogP contribution < -0.4 is 10.6 Å². The van der Waals surface area contributed by atoms with E-state index < -0.39 is 0 Å². The molecule has 5 fully saturated rings. The molecule has 5 aliphatic rings. The molecule has 4 saturated carbocycles. The molecule has 6 heteroatoms. The van der Waals surface area contributed by atoms with Crippen LogP contribution in [0.15, 0.2) is 24.4 Å². The van der Waals surface area contributed by atoms with E-state index in [4.69, 9.17) is 4.98 Å². The van der Waals surface area contributed by atoms with Gasteiger partial charge in [0.15, 0.2) is 0 Å². The number of hydrogen-bond donors (Lipinski definition) is 2. The number of pyridine rings is 1. The summed E-state index contributed by atoms with van der Waals surface area (Å²) in [6, 6.07) is 5.87. The van der Waals surface area contributed by atoms with Gasteiger partial charge in [0.1, 0.15) is 11.3 Å². The SMILES string of the molecule is O=C(NCC12CC3CC(CC(C3)C1)C2)c1cccc2nc(CNCCN3CCCC3)cn12. The molecule has 2 aromatic rings. The molecule has 0 spiro atoms. The Morgan fingerprint density at radius 2 is 1.78 bits per heavy atom. The summed E-state index contributed by atoms with van der Waals surface area (Å²) in [5.74, 6) is 2.78.